The molecule has 1 aliphatic carbocycles. The van der Waals surface area contributed by atoms with Crippen LogP contribution in [0.15, 0.2) is 42.5 Å². The van der Waals surface area contributed by atoms with Crippen LogP contribution in [0.1, 0.15) is 28.2 Å². The van der Waals surface area contributed by atoms with E-state index >= 15 is 0 Å². The maximum Gasteiger partial charge on any atom is 0.115 e. The summed E-state index contributed by atoms with van der Waals surface area (Å²) in [6.45, 7) is 4.23. The van der Waals surface area contributed by atoms with Gasteiger partial charge in [0.1, 0.15) is 5.75 Å². The molecule has 0 fully saturated rings. The molecule has 2 aromatic rings. The van der Waals surface area contributed by atoms with Gasteiger partial charge in [-0.1, -0.05) is 53.6 Å². The van der Waals surface area contributed by atoms with Crippen LogP contribution in [0.2, 0.25) is 0 Å². The molecule has 1 unspecified atom stereocenters. The zero-order valence-electron chi connectivity index (χ0n) is 11.0. The molecule has 0 aliphatic heterocycles. The van der Waals surface area contributed by atoms with Crippen molar-refractivity contribution in [2.45, 2.75) is 5.92 Å². The van der Waals surface area contributed by atoms with Gasteiger partial charge in [0, 0.05) is 32.7 Å². The Labute approximate surface area is 140 Å². The van der Waals surface area contributed by atoms with Gasteiger partial charge in [0.15, 0.2) is 0 Å². The summed E-state index contributed by atoms with van der Waals surface area (Å²) >= 11 is 0. The number of rotatable bonds is 0. The zero-order valence-corrected chi connectivity index (χ0v) is 13.8. The minimum absolute atomic E-state index is 0. The van der Waals surface area contributed by atoms with Crippen LogP contribution < -0.4 is 0 Å². The number of fused-ring (bicyclic) bond motifs is 2. The third-order valence-electron chi connectivity index (χ3n) is 3.26. The summed E-state index contributed by atoms with van der Waals surface area (Å²) in [5.74, 6) is 0.355. The number of aromatic hydroxyl groups is 1. The first-order chi connectivity index (χ1) is 8.25. The molecule has 1 N–H and O–H groups in total. The van der Waals surface area contributed by atoms with Crippen LogP contribution in [0.5, 0.6) is 5.75 Å². The van der Waals surface area contributed by atoms with E-state index in [0.717, 1.165) is 11.1 Å². The number of benzene rings is 2. The third-order valence-corrected chi connectivity index (χ3v) is 3.26. The summed E-state index contributed by atoms with van der Waals surface area (Å²) in [4.78, 5) is 0. The van der Waals surface area contributed by atoms with Gasteiger partial charge in [-0.15, -0.1) is 5.92 Å². The Morgan fingerprint density at radius 1 is 0.895 bits per heavy atom. The predicted molar refractivity (Wildman–Crippen MR) is 77.1 cm³/mol. The maximum absolute atomic E-state index is 9.59. The molecule has 19 heavy (non-hydrogen) atoms. The van der Waals surface area contributed by atoms with Crippen molar-refractivity contribution in [3.05, 3.63) is 79.1 Å². The Hall–Kier alpha value is -0.916. The molecular weight excluding hydrogens is 309 g/mol. The van der Waals surface area contributed by atoms with Crippen molar-refractivity contribution in [2.75, 3.05) is 0 Å². The molecule has 0 saturated carbocycles. The normalized spacial score (nSPS) is 15.3. The maximum atomic E-state index is 9.59. The average molecular weight is 325 g/mol. The van der Waals surface area contributed by atoms with Crippen molar-refractivity contribution in [3.63, 3.8) is 0 Å². The average Bonchev–Trinajstić information content (AvgIpc) is 2.49. The van der Waals surface area contributed by atoms with E-state index in [1.165, 1.54) is 11.1 Å². The van der Waals surface area contributed by atoms with Gasteiger partial charge in [0.2, 0.25) is 0 Å². The Bertz CT molecular complexity index is 602. The molecule has 0 heterocycles. The summed E-state index contributed by atoms with van der Waals surface area (Å²) in [6, 6.07) is 13.7. The summed E-state index contributed by atoms with van der Waals surface area (Å²) < 4.78 is 0. The molecule has 1 atom stereocenters. The van der Waals surface area contributed by atoms with Crippen molar-refractivity contribution in [3.8, 4) is 5.75 Å². The van der Waals surface area contributed by atoms with Gasteiger partial charge in [-0.3, -0.25) is 0 Å². The standard InChI is InChI=1S/C16H13O.CH3.Y/c1-11-15-5-3-2-4-12(15)6-7-13-8-9-14(17)10-16(11)13;;/h2-11,17H,1H2;1H3;/q2*-1;. The molecule has 0 saturated heterocycles. The molecule has 1 radical (unpaired) electrons. The van der Waals surface area contributed by atoms with Crippen LogP contribution in [0.25, 0.3) is 12.2 Å². The van der Waals surface area contributed by atoms with Crippen LogP contribution >= 0.6 is 0 Å². The molecule has 0 aromatic heterocycles. The fraction of sp³-hybridized carbons (Fsp3) is 0.0588. The molecule has 1 nitrogen and oxygen atoms in total. The topological polar surface area (TPSA) is 20.2 Å². The van der Waals surface area contributed by atoms with Crippen LogP contribution in [-0.4, -0.2) is 5.11 Å². The number of phenolic OH excluding ortho intramolecular Hbond substituents is 1. The Kier molecular flexibility index (Phi) is 5.52. The molecule has 0 amide bonds. The minimum Gasteiger partial charge on any atom is -0.508 e. The van der Waals surface area contributed by atoms with Crippen molar-refractivity contribution in [1.29, 1.82) is 0 Å². The van der Waals surface area contributed by atoms with E-state index < -0.39 is 0 Å². The molecule has 1 aliphatic rings. The number of hydrogen-bond acceptors (Lipinski definition) is 1. The Balaban J connectivity index is 0.000000902. The van der Waals surface area contributed by atoms with Crippen molar-refractivity contribution < 1.29 is 37.8 Å². The van der Waals surface area contributed by atoms with Gasteiger partial charge in [-0.05, 0) is 23.3 Å². The van der Waals surface area contributed by atoms with Crippen LogP contribution in [-0.2, 0) is 32.7 Å². The molecule has 2 aromatic carbocycles. The first-order valence-corrected chi connectivity index (χ1v) is 5.69. The van der Waals surface area contributed by atoms with Gasteiger partial charge in [-0.25, -0.2) is 0 Å². The van der Waals surface area contributed by atoms with E-state index in [9.17, 15) is 5.11 Å². The summed E-state index contributed by atoms with van der Waals surface area (Å²) in [7, 11) is 0. The SMILES string of the molecule is [CH2-]C1c2ccccc2C=Cc2ccc(O)cc21.[CH3-].[Y]. The van der Waals surface area contributed by atoms with Gasteiger partial charge >= 0.3 is 0 Å². The minimum atomic E-state index is 0. The predicted octanol–water partition coefficient (Wildman–Crippen LogP) is 4.29. The molecule has 3 rings (SSSR count). The fourth-order valence-electron chi connectivity index (χ4n) is 2.34. The second-order valence-corrected chi connectivity index (χ2v) is 4.33. The smallest absolute Gasteiger partial charge is 0.115 e. The largest absolute Gasteiger partial charge is 0.508 e. The molecular formula is C17H16OY-2. The molecule has 95 valence electrons. The van der Waals surface area contributed by atoms with Crippen molar-refractivity contribution in [1.82, 2.24) is 0 Å². The van der Waals surface area contributed by atoms with Crippen LogP contribution in [0.4, 0.5) is 0 Å². The second-order valence-electron chi connectivity index (χ2n) is 4.33. The quantitative estimate of drug-likeness (QED) is 0.717. The molecule has 0 bridgehead atoms. The summed E-state index contributed by atoms with van der Waals surface area (Å²) in [5.41, 5.74) is 4.60. The fourth-order valence-corrected chi connectivity index (χ4v) is 2.34. The van der Waals surface area contributed by atoms with Crippen LogP contribution in [0.3, 0.4) is 0 Å². The summed E-state index contributed by atoms with van der Waals surface area (Å²) in [5, 5.41) is 9.59. The van der Waals surface area contributed by atoms with Crippen LogP contribution in [0, 0.1) is 14.4 Å². The van der Waals surface area contributed by atoms with Crippen molar-refractivity contribution >= 4 is 12.2 Å². The first kappa shape index (κ1) is 16.1. The first-order valence-electron chi connectivity index (χ1n) is 5.69. The van der Waals surface area contributed by atoms with E-state index in [2.05, 4.69) is 31.2 Å². The Morgan fingerprint density at radius 2 is 1.53 bits per heavy atom. The van der Waals surface area contributed by atoms with Gasteiger partial charge < -0.3 is 19.5 Å². The molecule has 0 spiro atoms. The van der Waals surface area contributed by atoms with E-state index in [-0.39, 0.29) is 46.1 Å². The van der Waals surface area contributed by atoms with E-state index in [0.29, 0.717) is 5.75 Å². The van der Waals surface area contributed by atoms with Gasteiger partial charge in [0.05, 0.1) is 0 Å². The zero-order chi connectivity index (χ0) is 11.8. The van der Waals surface area contributed by atoms with E-state index in [4.69, 9.17) is 0 Å². The monoisotopic (exact) mass is 325 g/mol. The van der Waals surface area contributed by atoms with E-state index in [1.54, 1.807) is 12.1 Å². The van der Waals surface area contributed by atoms with Gasteiger partial charge in [0.25, 0.3) is 0 Å². The second kappa shape index (κ2) is 6.50. The Morgan fingerprint density at radius 3 is 2.26 bits per heavy atom. The summed E-state index contributed by atoms with van der Waals surface area (Å²) in [6.07, 6.45) is 4.19. The number of hydrogen-bond donors (Lipinski definition) is 1. The van der Waals surface area contributed by atoms with Crippen molar-refractivity contribution in [2.24, 2.45) is 0 Å². The van der Waals surface area contributed by atoms with E-state index in [1.807, 2.05) is 18.2 Å². The molecule has 2 heteroatoms. The third kappa shape index (κ3) is 2.99. The van der Waals surface area contributed by atoms with Gasteiger partial charge in [-0.2, -0.15) is 0 Å². The number of phenols is 1.